The molecule has 2 rings (SSSR count). The normalized spacial score (nSPS) is 17.2. The van der Waals surface area contributed by atoms with Crippen LogP contribution in [0.25, 0.3) is 0 Å². The smallest absolute Gasteiger partial charge is 0.323 e. The van der Waals surface area contributed by atoms with E-state index in [-0.39, 0.29) is 0 Å². The summed E-state index contributed by atoms with van der Waals surface area (Å²) in [7, 11) is 0. The molecule has 21 heavy (non-hydrogen) atoms. The van der Waals surface area contributed by atoms with Gasteiger partial charge in [-0.25, -0.2) is 0 Å². The molecule has 0 bridgehead atoms. The maximum absolute atomic E-state index is 11.6. The molecule has 1 unspecified atom stereocenters. The highest BCUT2D eigenvalue weighted by Crippen LogP contribution is 2.27. The third kappa shape index (κ3) is 4.46. The minimum atomic E-state index is -0.795. The minimum Gasteiger partial charge on any atom is -0.494 e. The second kappa shape index (κ2) is 6.94. The van der Waals surface area contributed by atoms with Crippen LogP contribution in [0.1, 0.15) is 44.6 Å². The standard InChI is InChI=1S/C17H25NO3/c1-3-17(16(19)20,18-14-8-9-14)10-5-11-21-15-7-4-6-13(2)12-15/h4,6-7,12,14,18H,3,5,8-11H2,1-2H3,(H,19,20). The van der Waals surface area contributed by atoms with Gasteiger partial charge in [-0.15, -0.1) is 0 Å². The van der Waals surface area contributed by atoms with Crippen molar-refractivity contribution in [3.05, 3.63) is 29.8 Å². The summed E-state index contributed by atoms with van der Waals surface area (Å²) in [5, 5.41) is 12.9. The Labute approximate surface area is 126 Å². The lowest BCUT2D eigenvalue weighted by Crippen LogP contribution is -2.52. The van der Waals surface area contributed by atoms with E-state index in [4.69, 9.17) is 4.74 Å². The number of carboxylic acid groups (broad SMARTS) is 1. The molecule has 1 aromatic carbocycles. The minimum absolute atomic E-state index is 0.388. The lowest BCUT2D eigenvalue weighted by molar-refractivity contribution is -0.145. The average Bonchev–Trinajstić information content (AvgIpc) is 3.26. The first-order valence-corrected chi connectivity index (χ1v) is 7.76. The van der Waals surface area contributed by atoms with Crippen LogP contribution in [0.4, 0.5) is 0 Å². The molecule has 0 aliphatic heterocycles. The molecular formula is C17H25NO3. The molecule has 1 aromatic rings. The highest BCUT2D eigenvalue weighted by molar-refractivity contribution is 5.78. The van der Waals surface area contributed by atoms with Crippen LogP contribution in [-0.2, 0) is 4.79 Å². The van der Waals surface area contributed by atoms with Crippen LogP contribution < -0.4 is 10.1 Å². The zero-order valence-corrected chi connectivity index (χ0v) is 12.9. The molecule has 0 aromatic heterocycles. The first kappa shape index (κ1) is 15.8. The number of hydrogen-bond donors (Lipinski definition) is 2. The molecule has 116 valence electrons. The third-order valence-corrected chi connectivity index (χ3v) is 4.08. The summed E-state index contributed by atoms with van der Waals surface area (Å²) in [5.74, 6) is 0.107. The molecule has 1 atom stereocenters. The van der Waals surface area contributed by atoms with Gasteiger partial charge in [0.25, 0.3) is 0 Å². The number of aliphatic carboxylic acids is 1. The first-order chi connectivity index (χ1) is 10.1. The van der Waals surface area contributed by atoms with Gasteiger partial charge in [0.2, 0.25) is 0 Å². The molecule has 4 heteroatoms. The number of benzene rings is 1. The topological polar surface area (TPSA) is 58.6 Å². The summed E-state index contributed by atoms with van der Waals surface area (Å²) in [6.45, 7) is 4.51. The zero-order chi connectivity index (χ0) is 15.3. The van der Waals surface area contributed by atoms with Gasteiger partial charge in [0, 0.05) is 6.04 Å². The van der Waals surface area contributed by atoms with Gasteiger partial charge in [-0.05, 0) is 56.7 Å². The Balaban J connectivity index is 1.82. The van der Waals surface area contributed by atoms with E-state index in [2.05, 4.69) is 5.32 Å². The van der Waals surface area contributed by atoms with Gasteiger partial charge in [-0.1, -0.05) is 19.1 Å². The Morgan fingerprint density at radius 2 is 2.24 bits per heavy atom. The van der Waals surface area contributed by atoms with Gasteiger partial charge in [-0.3, -0.25) is 10.1 Å². The Morgan fingerprint density at radius 1 is 1.48 bits per heavy atom. The van der Waals surface area contributed by atoms with Gasteiger partial charge < -0.3 is 9.84 Å². The van der Waals surface area contributed by atoms with Crippen molar-refractivity contribution in [3.63, 3.8) is 0 Å². The molecule has 0 amide bonds. The number of nitrogens with one attached hydrogen (secondary N) is 1. The van der Waals surface area contributed by atoms with Crippen molar-refractivity contribution in [2.24, 2.45) is 0 Å². The number of rotatable bonds is 9. The van der Waals surface area contributed by atoms with Crippen molar-refractivity contribution >= 4 is 5.97 Å². The highest BCUT2D eigenvalue weighted by atomic mass is 16.5. The van der Waals surface area contributed by atoms with Gasteiger partial charge >= 0.3 is 5.97 Å². The van der Waals surface area contributed by atoms with Crippen molar-refractivity contribution in [2.75, 3.05) is 6.61 Å². The first-order valence-electron chi connectivity index (χ1n) is 7.76. The maximum Gasteiger partial charge on any atom is 0.323 e. The van der Waals surface area contributed by atoms with Crippen LogP contribution in [-0.4, -0.2) is 29.3 Å². The monoisotopic (exact) mass is 291 g/mol. The van der Waals surface area contributed by atoms with Gasteiger partial charge in [-0.2, -0.15) is 0 Å². The van der Waals surface area contributed by atoms with Crippen LogP contribution in [0.15, 0.2) is 24.3 Å². The quantitative estimate of drug-likeness (QED) is 0.686. The summed E-state index contributed by atoms with van der Waals surface area (Å²) in [6.07, 6.45) is 4.11. The zero-order valence-electron chi connectivity index (χ0n) is 12.9. The van der Waals surface area contributed by atoms with E-state index in [1.807, 2.05) is 38.1 Å². The Kier molecular flexibility index (Phi) is 5.23. The molecular weight excluding hydrogens is 266 g/mol. The highest BCUT2D eigenvalue weighted by Gasteiger charge is 2.40. The van der Waals surface area contributed by atoms with Gasteiger partial charge in [0.15, 0.2) is 0 Å². The van der Waals surface area contributed by atoms with E-state index >= 15 is 0 Å². The molecule has 1 aliphatic rings. The van der Waals surface area contributed by atoms with Crippen molar-refractivity contribution in [3.8, 4) is 5.75 Å². The third-order valence-electron chi connectivity index (χ3n) is 4.08. The van der Waals surface area contributed by atoms with Crippen molar-refractivity contribution in [1.29, 1.82) is 0 Å². The van der Waals surface area contributed by atoms with E-state index < -0.39 is 11.5 Å². The Bertz CT molecular complexity index is 485. The fourth-order valence-corrected chi connectivity index (χ4v) is 2.56. The van der Waals surface area contributed by atoms with Crippen LogP contribution in [0, 0.1) is 6.92 Å². The SMILES string of the molecule is CCC(CCCOc1cccc(C)c1)(NC1CC1)C(=O)O. The number of carbonyl (C=O) groups is 1. The second-order valence-electron chi connectivity index (χ2n) is 5.93. The predicted molar refractivity (Wildman–Crippen MR) is 82.7 cm³/mol. The summed E-state index contributed by atoms with van der Waals surface area (Å²) in [4.78, 5) is 11.6. The summed E-state index contributed by atoms with van der Waals surface area (Å²) in [6, 6.07) is 8.30. The van der Waals surface area contributed by atoms with Gasteiger partial charge in [0.1, 0.15) is 11.3 Å². The average molecular weight is 291 g/mol. The fourth-order valence-electron chi connectivity index (χ4n) is 2.56. The molecule has 1 aliphatic carbocycles. The number of ether oxygens (including phenoxy) is 1. The predicted octanol–water partition coefficient (Wildman–Crippen LogP) is 3.14. The van der Waals surface area contributed by atoms with Crippen LogP contribution in [0.5, 0.6) is 5.75 Å². The molecule has 4 nitrogen and oxygen atoms in total. The summed E-state index contributed by atoms with van der Waals surface area (Å²) >= 11 is 0. The van der Waals surface area contributed by atoms with Crippen molar-refractivity contribution < 1.29 is 14.6 Å². The largest absolute Gasteiger partial charge is 0.494 e. The van der Waals surface area contributed by atoms with Crippen LogP contribution in [0.2, 0.25) is 0 Å². The summed E-state index contributed by atoms with van der Waals surface area (Å²) < 4.78 is 5.71. The van der Waals surface area contributed by atoms with E-state index in [1.165, 1.54) is 0 Å². The fraction of sp³-hybridized carbons (Fsp3) is 0.588. The van der Waals surface area contributed by atoms with Crippen molar-refractivity contribution in [1.82, 2.24) is 5.32 Å². The maximum atomic E-state index is 11.6. The van der Waals surface area contributed by atoms with E-state index in [0.29, 0.717) is 25.5 Å². The lowest BCUT2D eigenvalue weighted by atomic mass is 9.90. The van der Waals surface area contributed by atoms with Crippen molar-refractivity contribution in [2.45, 2.75) is 57.5 Å². The number of hydrogen-bond acceptors (Lipinski definition) is 3. The number of carboxylic acids is 1. The molecule has 0 radical (unpaired) electrons. The number of aryl methyl sites for hydroxylation is 1. The van der Waals surface area contributed by atoms with Gasteiger partial charge in [0.05, 0.1) is 6.61 Å². The second-order valence-corrected chi connectivity index (χ2v) is 5.93. The van der Waals surface area contributed by atoms with E-state index in [9.17, 15) is 9.90 Å². The van der Waals surface area contributed by atoms with E-state index in [0.717, 1.165) is 30.6 Å². The molecule has 1 fully saturated rings. The Hall–Kier alpha value is -1.55. The Morgan fingerprint density at radius 3 is 2.81 bits per heavy atom. The van der Waals surface area contributed by atoms with Crippen LogP contribution in [0.3, 0.4) is 0 Å². The lowest BCUT2D eigenvalue weighted by Gasteiger charge is -2.29. The molecule has 0 spiro atoms. The summed E-state index contributed by atoms with van der Waals surface area (Å²) in [5.41, 5.74) is 0.369. The van der Waals surface area contributed by atoms with Crippen LogP contribution >= 0.6 is 0 Å². The molecule has 1 saturated carbocycles. The molecule has 2 N–H and O–H groups in total. The van der Waals surface area contributed by atoms with E-state index in [1.54, 1.807) is 0 Å². The molecule has 0 heterocycles. The molecule has 0 saturated heterocycles.